The highest BCUT2D eigenvalue weighted by Crippen LogP contribution is 2.13. The molecule has 0 bridgehead atoms. The predicted octanol–water partition coefficient (Wildman–Crippen LogP) is 2.02. The van der Waals surface area contributed by atoms with Crippen molar-refractivity contribution in [2.45, 2.75) is 0 Å². The Morgan fingerprint density at radius 2 is 1.06 bits per heavy atom. The highest BCUT2D eigenvalue weighted by molar-refractivity contribution is 5.55. The van der Waals surface area contributed by atoms with E-state index >= 15 is 0 Å². The molecular weight excluding hydrogens is 400 g/mol. The Labute approximate surface area is 188 Å². The number of aromatic nitrogens is 2. The third-order valence-electron chi connectivity index (χ3n) is 5.09. The number of anilines is 2. The predicted molar refractivity (Wildman–Crippen MR) is 130 cm³/mol. The van der Waals surface area contributed by atoms with Crippen LogP contribution in [-0.2, 0) is 14.1 Å². The van der Waals surface area contributed by atoms with E-state index in [-0.39, 0.29) is 5.56 Å². The van der Waals surface area contributed by atoms with Crippen LogP contribution in [0.15, 0.2) is 58.1 Å². The van der Waals surface area contributed by atoms with Crippen LogP contribution in [0, 0.1) is 23.7 Å². The Bertz CT molecular complexity index is 1370. The lowest BCUT2D eigenvalue weighted by Crippen LogP contribution is -2.40. The molecule has 0 radical (unpaired) electrons. The second-order valence-corrected chi connectivity index (χ2v) is 7.81. The highest BCUT2D eigenvalue weighted by Gasteiger charge is 2.12. The molecule has 0 amide bonds. The van der Waals surface area contributed by atoms with Crippen molar-refractivity contribution in [3.05, 3.63) is 91.8 Å². The van der Waals surface area contributed by atoms with Crippen molar-refractivity contribution in [2.75, 3.05) is 38.0 Å². The first-order valence-corrected chi connectivity index (χ1v) is 10.1. The second-order valence-electron chi connectivity index (χ2n) is 7.81. The molecule has 0 N–H and O–H groups in total. The molecule has 0 saturated carbocycles. The van der Waals surface area contributed by atoms with Crippen LogP contribution < -0.4 is 21.0 Å². The summed E-state index contributed by atoms with van der Waals surface area (Å²) < 4.78 is 2.41. The first kappa shape index (κ1) is 22.5. The van der Waals surface area contributed by atoms with Gasteiger partial charge in [-0.3, -0.25) is 13.9 Å². The van der Waals surface area contributed by atoms with Crippen LogP contribution in [0.25, 0.3) is 0 Å². The van der Waals surface area contributed by atoms with Gasteiger partial charge in [0.2, 0.25) is 0 Å². The Morgan fingerprint density at radius 3 is 1.50 bits per heavy atom. The van der Waals surface area contributed by atoms with Crippen LogP contribution >= 0.6 is 0 Å². The van der Waals surface area contributed by atoms with Gasteiger partial charge in [0.15, 0.2) is 0 Å². The molecule has 1 aromatic heterocycles. The third-order valence-corrected chi connectivity index (χ3v) is 5.09. The molecule has 0 fully saturated rings. The normalized spacial score (nSPS) is 9.94. The number of hydrogen-bond acceptors (Lipinski definition) is 4. The molecule has 2 aromatic carbocycles. The fraction of sp³-hybridized carbons (Fsp3) is 0.231. The molecule has 0 spiro atoms. The van der Waals surface area contributed by atoms with Crippen LogP contribution in [-0.4, -0.2) is 37.3 Å². The van der Waals surface area contributed by atoms with Crippen molar-refractivity contribution >= 4 is 11.4 Å². The van der Waals surface area contributed by atoms with Crippen molar-refractivity contribution in [3.8, 4) is 23.7 Å². The lowest BCUT2D eigenvalue weighted by atomic mass is 10.1. The van der Waals surface area contributed by atoms with E-state index in [0.717, 1.165) is 27.1 Å². The first-order chi connectivity index (χ1) is 15.2. The lowest BCUT2D eigenvalue weighted by molar-refractivity contribution is 0.675. The average molecular weight is 427 g/mol. The lowest BCUT2D eigenvalue weighted by Gasteiger charge is -2.11. The number of rotatable bonds is 2. The van der Waals surface area contributed by atoms with Crippen LogP contribution in [0.5, 0.6) is 0 Å². The van der Waals surface area contributed by atoms with Gasteiger partial charge in [-0.15, -0.1) is 0 Å². The van der Waals surface area contributed by atoms with Gasteiger partial charge in [0.05, 0.1) is 0 Å². The van der Waals surface area contributed by atoms with Crippen molar-refractivity contribution in [2.24, 2.45) is 14.1 Å². The zero-order valence-electron chi connectivity index (χ0n) is 19.2. The summed E-state index contributed by atoms with van der Waals surface area (Å²) >= 11 is 0. The fourth-order valence-electron chi connectivity index (χ4n) is 3.06. The number of hydrogen-bond donors (Lipinski definition) is 0. The summed E-state index contributed by atoms with van der Waals surface area (Å²) in [5.41, 5.74) is 3.26. The standard InChI is InChI=1S/C26H26N4O2/c1-27(2)21-13-7-19(8-14-21)11-17-23-24(29(5)26(32)30(6)25(23)31)18-12-20-9-15-22(16-10-20)28(3)4/h7-10,13-16H,1-6H3. The molecule has 6 heteroatoms. The molecule has 3 aromatic rings. The van der Waals surface area contributed by atoms with E-state index in [9.17, 15) is 9.59 Å². The largest absolute Gasteiger partial charge is 0.378 e. The van der Waals surface area contributed by atoms with Gasteiger partial charge in [-0.05, 0) is 54.5 Å². The topological polar surface area (TPSA) is 50.5 Å². The van der Waals surface area contributed by atoms with Gasteiger partial charge in [0.25, 0.3) is 5.56 Å². The molecule has 32 heavy (non-hydrogen) atoms. The molecule has 0 aliphatic heterocycles. The third kappa shape index (κ3) is 4.77. The minimum atomic E-state index is -0.460. The maximum atomic E-state index is 12.8. The van der Waals surface area contributed by atoms with Crippen molar-refractivity contribution in [1.29, 1.82) is 0 Å². The van der Waals surface area contributed by atoms with Gasteiger partial charge >= 0.3 is 5.69 Å². The quantitative estimate of drug-likeness (QED) is 0.589. The summed E-state index contributed by atoms with van der Waals surface area (Å²) in [5.74, 6) is 12.0. The van der Waals surface area contributed by atoms with E-state index in [1.165, 1.54) is 11.6 Å². The molecule has 6 nitrogen and oxygen atoms in total. The molecule has 0 aliphatic carbocycles. The average Bonchev–Trinajstić information content (AvgIpc) is 2.79. The molecular formula is C26H26N4O2. The molecule has 1 heterocycles. The van der Waals surface area contributed by atoms with Gasteiger partial charge in [0, 0.05) is 64.8 Å². The minimum absolute atomic E-state index is 0.198. The van der Waals surface area contributed by atoms with Crippen LogP contribution in [0.1, 0.15) is 22.4 Å². The van der Waals surface area contributed by atoms with E-state index in [0.29, 0.717) is 5.69 Å². The van der Waals surface area contributed by atoms with Gasteiger partial charge in [-0.2, -0.15) is 0 Å². The van der Waals surface area contributed by atoms with Crippen LogP contribution in [0.2, 0.25) is 0 Å². The van der Waals surface area contributed by atoms with Gasteiger partial charge in [0.1, 0.15) is 11.3 Å². The summed E-state index contributed by atoms with van der Waals surface area (Å²) in [6.45, 7) is 0. The molecule has 0 aliphatic rings. The van der Waals surface area contributed by atoms with E-state index in [1.807, 2.05) is 86.5 Å². The summed E-state index contributed by atoms with van der Waals surface area (Å²) in [7, 11) is 10.9. The zero-order valence-corrected chi connectivity index (χ0v) is 19.2. The number of benzene rings is 2. The molecule has 0 atom stereocenters. The summed E-state index contributed by atoms with van der Waals surface area (Å²) in [6.07, 6.45) is 0. The Kier molecular flexibility index (Phi) is 6.56. The zero-order chi connectivity index (χ0) is 23.4. The molecule has 0 unspecified atom stereocenters. The SMILES string of the molecule is CN(C)c1ccc(C#Cc2c(C#Cc3ccc(N(C)C)cc3)n(C)c(=O)n(C)c2=O)cc1. The van der Waals surface area contributed by atoms with Gasteiger partial charge in [-0.1, -0.05) is 17.8 Å². The molecule has 162 valence electrons. The number of nitrogens with zero attached hydrogens (tertiary/aromatic N) is 4. The monoisotopic (exact) mass is 426 g/mol. The summed E-state index contributed by atoms with van der Waals surface area (Å²) in [4.78, 5) is 29.3. The van der Waals surface area contributed by atoms with Crippen LogP contribution in [0.4, 0.5) is 11.4 Å². The minimum Gasteiger partial charge on any atom is -0.378 e. The van der Waals surface area contributed by atoms with Crippen molar-refractivity contribution in [3.63, 3.8) is 0 Å². The second kappa shape index (κ2) is 9.32. The highest BCUT2D eigenvalue weighted by atomic mass is 16.2. The van der Waals surface area contributed by atoms with E-state index < -0.39 is 11.2 Å². The smallest absolute Gasteiger partial charge is 0.331 e. The maximum Gasteiger partial charge on any atom is 0.331 e. The first-order valence-electron chi connectivity index (χ1n) is 10.1. The van der Waals surface area contributed by atoms with Crippen molar-refractivity contribution in [1.82, 2.24) is 9.13 Å². The Balaban J connectivity index is 2.08. The molecule has 3 rings (SSSR count). The van der Waals surface area contributed by atoms with E-state index in [1.54, 1.807) is 7.05 Å². The fourth-order valence-corrected chi connectivity index (χ4v) is 3.06. The van der Waals surface area contributed by atoms with Crippen molar-refractivity contribution < 1.29 is 0 Å². The molecule has 0 saturated heterocycles. The van der Waals surface area contributed by atoms with Gasteiger partial charge < -0.3 is 9.80 Å². The van der Waals surface area contributed by atoms with Gasteiger partial charge in [-0.25, -0.2) is 4.79 Å². The van der Waals surface area contributed by atoms with Crippen LogP contribution in [0.3, 0.4) is 0 Å². The summed E-state index contributed by atoms with van der Waals surface area (Å²) in [6, 6.07) is 15.4. The maximum absolute atomic E-state index is 12.8. The van der Waals surface area contributed by atoms with E-state index in [2.05, 4.69) is 23.7 Å². The summed E-state index contributed by atoms with van der Waals surface area (Å²) in [5, 5.41) is 0. The van der Waals surface area contributed by atoms with E-state index in [4.69, 9.17) is 0 Å². The Hall–Kier alpha value is -4.16. The Morgan fingerprint density at radius 1 is 0.625 bits per heavy atom.